The van der Waals surface area contributed by atoms with E-state index in [1.807, 2.05) is 0 Å². The number of fused-ring (bicyclic) bond motifs is 3. The third kappa shape index (κ3) is 3.09. The number of hydrogen-bond donors (Lipinski definition) is 0. The molecule has 0 N–H and O–H groups in total. The van der Waals surface area contributed by atoms with Crippen LogP contribution in [0.2, 0.25) is 0 Å². The van der Waals surface area contributed by atoms with Crippen molar-refractivity contribution in [1.29, 1.82) is 0 Å². The first-order valence-electron chi connectivity index (χ1n) is 11.0. The Kier molecular flexibility index (Phi) is 4.37. The molecule has 4 aromatic carbocycles. The van der Waals surface area contributed by atoms with Gasteiger partial charge in [0.1, 0.15) is 6.20 Å². The van der Waals surface area contributed by atoms with Gasteiger partial charge in [-0.25, -0.2) is 4.57 Å². The SMILES string of the molecule is Cc1c(-c2nc3c(C)c4ccccc4cc3c[n+]2C)cc(C(C)(C)C)c2ccccc12. The Hall–Kier alpha value is -3.26. The van der Waals surface area contributed by atoms with E-state index in [2.05, 4.69) is 113 Å². The van der Waals surface area contributed by atoms with Crippen LogP contribution in [0.1, 0.15) is 37.5 Å². The molecule has 1 aromatic heterocycles. The minimum Gasteiger partial charge on any atom is -0.232 e. The Morgan fingerprint density at radius 3 is 2.10 bits per heavy atom. The smallest absolute Gasteiger partial charge is 0.232 e. The molecule has 0 atom stereocenters. The monoisotopic (exact) mass is 405 g/mol. The highest BCUT2D eigenvalue weighted by Crippen LogP contribution is 2.37. The van der Waals surface area contributed by atoms with Gasteiger partial charge in [-0.2, -0.15) is 0 Å². The molecule has 0 aliphatic carbocycles. The van der Waals surface area contributed by atoms with Crippen molar-refractivity contribution >= 4 is 32.4 Å². The van der Waals surface area contributed by atoms with Crippen LogP contribution in [0.3, 0.4) is 0 Å². The van der Waals surface area contributed by atoms with Gasteiger partial charge in [0.15, 0.2) is 5.52 Å². The lowest BCUT2D eigenvalue weighted by Crippen LogP contribution is -2.32. The summed E-state index contributed by atoms with van der Waals surface area (Å²) < 4.78 is 2.18. The number of aryl methyl sites for hydroxylation is 3. The first kappa shape index (κ1) is 19.7. The predicted molar refractivity (Wildman–Crippen MR) is 132 cm³/mol. The average molecular weight is 406 g/mol. The van der Waals surface area contributed by atoms with Crippen LogP contribution in [-0.2, 0) is 12.5 Å². The van der Waals surface area contributed by atoms with Gasteiger partial charge in [0.05, 0.1) is 18.0 Å². The quantitative estimate of drug-likeness (QED) is 0.218. The van der Waals surface area contributed by atoms with Gasteiger partial charge < -0.3 is 0 Å². The van der Waals surface area contributed by atoms with E-state index in [0.29, 0.717) is 0 Å². The van der Waals surface area contributed by atoms with Crippen molar-refractivity contribution in [2.24, 2.45) is 7.05 Å². The first-order chi connectivity index (χ1) is 14.8. The summed E-state index contributed by atoms with van der Waals surface area (Å²) in [4.78, 5) is 5.25. The lowest BCUT2D eigenvalue weighted by molar-refractivity contribution is -0.661. The van der Waals surface area contributed by atoms with Gasteiger partial charge in [0, 0.05) is 5.56 Å². The second-order valence-corrected chi connectivity index (χ2v) is 9.73. The molecular weight excluding hydrogens is 376 g/mol. The number of benzene rings is 4. The Labute approximate surface area is 184 Å². The maximum absolute atomic E-state index is 5.25. The minimum atomic E-state index is 0.0452. The maximum atomic E-state index is 5.25. The van der Waals surface area contributed by atoms with Crippen LogP contribution in [-0.4, -0.2) is 4.98 Å². The summed E-state index contributed by atoms with van der Waals surface area (Å²) >= 11 is 0. The van der Waals surface area contributed by atoms with Crippen molar-refractivity contribution in [3.63, 3.8) is 0 Å². The lowest BCUT2D eigenvalue weighted by atomic mass is 9.81. The fraction of sp³-hybridized carbons (Fsp3) is 0.241. The van der Waals surface area contributed by atoms with Crippen molar-refractivity contribution in [3.8, 4) is 11.4 Å². The van der Waals surface area contributed by atoms with E-state index in [1.165, 1.54) is 49.2 Å². The zero-order valence-corrected chi connectivity index (χ0v) is 19.2. The van der Waals surface area contributed by atoms with E-state index < -0.39 is 0 Å². The van der Waals surface area contributed by atoms with Gasteiger partial charge in [0.25, 0.3) is 0 Å². The molecule has 0 amide bonds. The normalized spacial score (nSPS) is 12.2. The van der Waals surface area contributed by atoms with Crippen LogP contribution >= 0.6 is 0 Å². The summed E-state index contributed by atoms with van der Waals surface area (Å²) in [7, 11) is 2.11. The molecule has 5 aromatic rings. The number of hydrogen-bond acceptors (Lipinski definition) is 1. The molecule has 31 heavy (non-hydrogen) atoms. The van der Waals surface area contributed by atoms with Crippen LogP contribution < -0.4 is 4.57 Å². The number of aromatic nitrogens is 2. The number of nitrogens with zero attached hydrogens (tertiary/aromatic N) is 2. The van der Waals surface area contributed by atoms with Crippen LogP contribution in [0.4, 0.5) is 0 Å². The summed E-state index contributed by atoms with van der Waals surface area (Å²) in [5.74, 6) is 1.01. The molecule has 1 heterocycles. The zero-order valence-electron chi connectivity index (χ0n) is 19.2. The van der Waals surface area contributed by atoms with Gasteiger partial charge in [-0.15, -0.1) is 0 Å². The Bertz CT molecular complexity index is 1490. The molecule has 0 fully saturated rings. The summed E-state index contributed by atoms with van der Waals surface area (Å²) in [5.41, 5.74) is 6.22. The molecule has 154 valence electrons. The van der Waals surface area contributed by atoms with Crippen molar-refractivity contribution in [1.82, 2.24) is 4.98 Å². The van der Waals surface area contributed by atoms with Gasteiger partial charge in [-0.05, 0) is 69.1 Å². The van der Waals surface area contributed by atoms with Gasteiger partial charge in [-0.1, -0.05) is 69.3 Å². The van der Waals surface area contributed by atoms with Crippen LogP contribution in [0.5, 0.6) is 0 Å². The van der Waals surface area contributed by atoms with Crippen LogP contribution in [0.15, 0.2) is 66.9 Å². The third-order valence-electron chi connectivity index (χ3n) is 6.55. The fourth-order valence-electron chi connectivity index (χ4n) is 4.87. The van der Waals surface area contributed by atoms with E-state index in [-0.39, 0.29) is 5.41 Å². The Balaban J connectivity index is 1.87. The highest BCUT2D eigenvalue weighted by Gasteiger charge is 2.25. The topological polar surface area (TPSA) is 16.8 Å². The Morgan fingerprint density at radius 2 is 1.39 bits per heavy atom. The van der Waals surface area contributed by atoms with Crippen molar-refractivity contribution in [2.75, 3.05) is 0 Å². The third-order valence-corrected chi connectivity index (χ3v) is 6.55. The van der Waals surface area contributed by atoms with Crippen LogP contribution in [0, 0.1) is 13.8 Å². The summed E-state index contributed by atoms with van der Waals surface area (Å²) in [5, 5.41) is 6.35. The van der Waals surface area contributed by atoms with Crippen molar-refractivity contribution < 1.29 is 4.57 Å². The molecule has 0 unspecified atom stereocenters. The van der Waals surface area contributed by atoms with Crippen LogP contribution in [0.25, 0.3) is 43.8 Å². The van der Waals surface area contributed by atoms with E-state index in [0.717, 1.165) is 11.3 Å². The molecule has 0 aliphatic heterocycles. The highest BCUT2D eigenvalue weighted by molar-refractivity contribution is 6.00. The molecule has 0 radical (unpaired) electrons. The highest BCUT2D eigenvalue weighted by atomic mass is 15.0. The zero-order chi connectivity index (χ0) is 21.9. The fourth-order valence-corrected chi connectivity index (χ4v) is 4.87. The first-order valence-corrected chi connectivity index (χ1v) is 11.0. The summed E-state index contributed by atoms with van der Waals surface area (Å²) in [6.07, 6.45) is 2.22. The molecule has 0 saturated heterocycles. The molecule has 0 saturated carbocycles. The molecular formula is C29H29N2+. The predicted octanol–water partition coefficient (Wildman–Crippen LogP) is 6.95. The molecule has 2 nitrogen and oxygen atoms in total. The van der Waals surface area contributed by atoms with E-state index in [4.69, 9.17) is 4.98 Å². The molecule has 5 rings (SSSR count). The second kappa shape index (κ2) is 6.88. The summed E-state index contributed by atoms with van der Waals surface area (Å²) in [6, 6.07) is 22.0. The molecule has 2 heteroatoms. The van der Waals surface area contributed by atoms with Gasteiger partial charge in [-0.3, -0.25) is 0 Å². The molecule has 0 bridgehead atoms. The summed E-state index contributed by atoms with van der Waals surface area (Å²) in [6.45, 7) is 11.3. The van der Waals surface area contributed by atoms with E-state index >= 15 is 0 Å². The lowest BCUT2D eigenvalue weighted by Gasteiger charge is -2.23. The standard InChI is InChI=1S/C29H29N2/c1-18-23-13-9-10-14-24(23)26(29(3,4)5)16-25(18)28-30-27-19(2)22-12-8-7-11-20(22)15-21(27)17-31(28)6/h7-17H,1-6H3/q+1. The van der Waals surface area contributed by atoms with Gasteiger partial charge in [0.2, 0.25) is 0 Å². The molecule has 0 aliphatic rings. The number of rotatable bonds is 1. The Morgan fingerprint density at radius 1 is 0.742 bits per heavy atom. The van der Waals surface area contributed by atoms with E-state index in [9.17, 15) is 0 Å². The average Bonchev–Trinajstić information content (AvgIpc) is 2.73. The largest absolute Gasteiger partial charge is 0.331 e. The van der Waals surface area contributed by atoms with Gasteiger partial charge >= 0.3 is 5.82 Å². The second-order valence-electron chi connectivity index (χ2n) is 9.73. The molecule has 0 spiro atoms. The maximum Gasteiger partial charge on any atom is 0.331 e. The van der Waals surface area contributed by atoms with Crippen molar-refractivity contribution in [2.45, 2.75) is 40.0 Å². The van der Waals surface area contributed by atoms with E-state index in [1.54, 1.807) is 0 Å². The minimum absolute atomic E-state index is 0.0452. The van der Waals surface area contributed by atoms with Crippen molar-refractivity contribution in [3.05, 3.63) is 83.6 Å².